The van der Waals surface area contributed by atoms with Crippen LogP contribution in [0.5, 0.6) is 0 Å². The fourth-order valence-corrected chi connectivity index (χ4v) is 1.57. The van der Waals surface area contributed by atoms with E-state index >= 15 is 0 Å². The maximum absolute atomic E-state index is 11.8. The number of carbonyl (C=O) groups is 1. The van der Waals surface area contributed by atoms with Crippen molar-refractivity contribution in [3.8, 4) is 0 Å². The van der Waals surface area contributed by atoms with Gasteiger partial charge in [0.15, 0.2) is 5.96 Å². The first-order valence-corrected chi connectivity index (χ1v) is 6.74. The quantitative estimate of drug-likeness (QED) is 0.634. The van der Waals surface area contributed by atoms with Crippen molar-refractivity contribution in [3.63, 3.8) is 0 Å². The molecule has 0 atom stereocenters. The fourth-order valence-electron chi connectivity index (χ4n) is 1.57. The molecule has 1 N–H and O–H groups in total. The van der Waals surface area contributed by atoms with E-state index in [1.54, 1.807) is 0 Å². The lowest BCUT2D eigenvalue weighted by molar-refractivity contribution is 0.0476. The van der Waals surface area contributed by atoms with Crippen LogP contribution in [0.2, 0.25) is 0 Å². The molecule has 0 aliphatic carbocycles. The Labute approximate surface area is 123 Å². The van der Waals surface area contributed by atoms with Crippen molar-refractivity contribution >= 4 is 12.1 Å². The molecule has 0 aromatic carbocycles. The van der Waals surface area contributed by atoms with E-state index in [2.05, 4.69) is 10.3 Å². The zero-order valence-electron chi connectivity index (χ0n) is 14.4. The smallest absolute Gasteiger partial charge is 0.408 e. The normalized spacial score (nSPS) is 11.7. The summed E-state index contributed by atoms with van der Waals surface area (Å²) >= 11 is 0. The molecular formula is C14H30N4O2. The van der Waals surface area contributed by atoms with Crippen LogP contribution in [0.1, 0.15) is 34.6 Å². The lowest BCUT2D eigenvalue weighted by atomic mass is 10.1. The van der Waals surface area contributed by atoms with Crippen molar-refractivity contribution in [2.45, 2.75) is 45.8 Å². The molecule has 6 nitrogen and oxygen atoms in total. The van der Waals surface area contributed by atoms with Gasteiger partial charge < -0.3 is 19.9 Å². The number of nitrogens with one attached hydrogen (secondary N) is 1. The Morgan fingerprint density at radius 1 is 1.05 bits per heavy atom. The summed E-state index contributed by atoms with van der Waals surface area (Å²) in [5, 5.41) is 2.84. The zero-order valence-corrected chi connectivity index (χ0v) is 14.4. The van der Waals surface area contributed by atoms with Crippen molar-refractivity contribution in [1.82, 2.24) is 15.1 Å². The minimum atomic E-state index is -0.498. The van der Waals surface area contributed by atoms with Crippen LogP contribution in [0.4, 0.5) is 4.79 Å². The number of alkyl carbamates (subject to hydrolysis) is 1. The van der Waals surface area contributed by atoms with Crippen LogP contribution in [-0.4, -0.2) is 67.7 Å². The summed E-state index contributed by atoms with van der Waals surface area (Å²) in [6, 6.07) is 0. The van der Waals surface area contributed by atoms with E-state index in [1.807, 2.05) is 72.6 Å². The summed E-state index contributed by atoms with van der Waals surface area (Å²) in [5.74, 6) is 0.851. The Morgan fingerprint density at radius 3 is 1.85 bits per heavy atom. The Morgan fingerprint density at radius 2 is 1.50 bits per heavy atom. The van der Waals surface area contributed by atoms with Gasteiger partial charge in [-0.05, 0) is 34.6 Å². The first-order chi connectivity index (χ1) is 8.84. The molecule has 0 radical (unpaired) electrons. The van der Waals surface area contributed by atoms with E-state index in [9.17, 15) is 4.79 Å². The molecule has 0 saturated carbocycles. The van der Waals surface area contributed by atoms with Crippen molar-refractivity contribution in [2.24, 2.45) is 4.99 Å². The maximum Gasteiger partial charge on any atom is 0.408 e. The molecule has 20 heavy (non-hydrogen) atoms. The van der Waals surface area contributed by atoms with E-state index in [1.165, 1.54) is 0 Å². The van der Waals surface area contributed by atoms with E-state index in [0.717, 1.165) is 5.96 Å². The monoisotopic (exact) mass is 286 g/mol. The minimum Gasteiger partial charge on any atom is -0.444 e. The molecule has 0 unspecified atom stereocenters. The van der Waals surface area contributed by atoms with Gasteiger partial charge in [-0.1, -0.05) is 0 Å². The molecule has 1 amide bonds. The molecule has 0 fully saturated rings. The fraction of sp³-hybridized carbons (Fsp3) is 0.857. The molecule has 0 bridgehead atoms. The Hall–Kier alpha value is -1.46. The van der Waals surface area contributed by atoms with Crippen LogP contribution < -0.4 is 5.32 Å². The number of ether oxygens (including phenoxy) is 1. The first kappa shape index (κ1) is 18.5. The van der Waals surface area contributed by atoms with Gasteiger partial charge in [0.05, 0.1) is 12.1 Å². The molecule has 0 spiro atoms. The average molecular weight is 286 g/mol. The van der Waals surface area contributed by atoms with Crippen molar-refractivity contribution in [1.29, 1.82) is 0 Å². The highest BCUT2D eigenvalue weighted by atomic mass is 16.6. The molecular weight excluding hydrogens is 256 g/mol. The summed E-state index contributed by atoms with van der Waals surface area (Å²) in [6.45, 7) is 9.83. The molecule has 0 aliphatic rings. The predicted octanol–water partition coefficient (Wildman–Crippen LogP) is 1.77. The molecule has 0 heterocycles. The lowest BCUT2D eigenvalue weighted by Crippen LogP contribution is -2.48. The second-order valence-corrected chi connectivity index (χ2v) is 6.92. The van der Waals surface area contributed by atoms with Crippen LogP contribution in [0.15, 0.2) is 4.99 Å². The highest BCUT2D eigenvalue weighted by molar-refractivity contribution is 5.79. The number of hydrogen-bond donors (Lipinski definition) is 1. The summed E-state index contributed by atoms with van der Waals surface area (Å²) in [4.78, 5) is 20.2. The van der Waals surface area contributed by atoms with Gasteiger partial charge in [0.25, 0.3) is 0 Å². The molecule has 0 rings (SSSR count). The van der Waals surface area contributed by atoms with Gasteiger partial charge in [0.1, 0.15) is 5.60 Å². The number of aliphatic imine (C=N–C) groups is 1. The number of guanidine groups is 1. The topological polar surface area (TPSA) is 57.2 Å². The average Bonchev–Trinajstić information content (AvgIpc) is 2.10. The van der Waals surface area contributed by atoms with Gasteiger partial charge >= 0.3 is 6.09 Å². The highest BCUT2D eigenvalue weighted by Gasteiger charge is 2.24. The van der Waals surface area contributed by atoms with Gasteiger partial charge in [-0.3, -0.25) is 4.99 Å². The number of hydrogen-bond acceptors (Lipinski definition) is 3. The lowest BCUT2D eigenvalue weighted by Gasteiger charge is -2.29. The minimum absolute atomic E-state index is 0.422. The van der Waals surface area contributed by atoms with Crippen LogP contribution in [0.25, 0.3) is 0 Å². The van der Waals surface area contributed by atoms with E-state index in [0.29, 0.717) is 6.54 Å². The third kappa shape index (κ3) is 7.86. The number of nitrogens with zero attached hydrogens (tertiary/aromatic N) is 3. The second-order valence-electron chi connectivity index (χ2n) is 6.92. The maximum atomic E-state index is 11.8. The SMILES string of the molecule is CN(C)C(=NCC(C)(C)NC(=O)OC(C)(C)C)N(C)C. The largest absolute Gasteiger partial charge is 0.444 e. The number of rotatable bonds is 3. The number of carbonyl (C=O) groups excluding carboxylic acids is 1. The van der Waals surface area contributed by atoms with Gasteiger partial charge in [-0.2, -0.15) is 0 Å². The Bertz CT molecular complexity index is 345. The van der Waals surface area contributed by atoms with Crippen LogP contribution >= 0.6 is 0 Å². The van der Waals surface area contributed by atoms with Crippen molar-refractivity contribution in [3.05, 3.63) is 0 Å². The summed E-state index contributed by atoms with van der Waals surface area (Å²) < 4.78 is 5.26. The van der Waals surface area contributed by atoms with Crippen LogP contribution in [0, 0.1) is 0 Å². The molecule has 0 saturated heterocycles. The van der Waals surface area contributed by atoms with E-state index in [-0.39, 0.29) is 0 Å². The zero-order chi connectivity index (χ0) is 16.1. The standard InChI is InChI=1S/C14H30N4O2/c1-13(2,3)20-12(19)16-14(4,5)10-15-11(17(6)7)18(8)9/h10H2,1-9H3,(H,16,19). The highest BCUT2D eigenvalue weighted by Crippen LogP contribution is 2.10. The number of amides is 1. The first-order valence-electron chi connectivity index (χ1n) is 6.74. The Balaban J connectivity index is 4.67. The molecule has 118 valence electrons. The van der Waals surface area contributed by atoms with Gasteiger partial charge in [0, 0.05) is 28.2 Å². The molecule has 0 aromatic rings. The summed E-state index contributed by atoms with van der Waals surface area (Å²) in [5.41, 5.74) is -0.971. The Kier molecular flexibility index (Phi) is 6.32. The summed E-state index contributed by atoms with van der Waals surface area (Å²) in [6.07, 6.45) is -0.422. The molecule has 0 aliphatic heterocycles. The van der Waals surface area contributed by atoms with Gasteiger partial charge in [0.2, 0.25) is 0 Å². The van der Waals surface area contributed by atoms with Crippen molar-refractivity contribution in [2.75, 3.05) is 34.7 Å². The van der Waals surface area contributed by atoms with Gasteiger partial charge in [-0.25, -0.2) is 4.79 Å². The van der Waals surface area contributed by atoms with Crippen molar-refractivity contribution < 1.29 is 9.53 Å². The van der Waals surface area contributed by atoms with E-state index in [4.69, 9.17) is 4.74 Å². The molecule has 0 aromatic heterocycles. The molecule has 6 heteroatoms. The van der Waals surface area contributed by atoms with E-state index < -0.39 is 17.2 Å². The van der Waals surface area contributed by atoms with Crippen LogP contribution in [0.3, 0.4) is 0 Å². The third-order valence-electron chi connectivity index (χ3n) is 2.26. The predicted molar refractivity (Wildman–Crippen MR) is 83.1 cm³/mol. The van der Waals surface area contributed by atoms with Gasteiger partial charge in [-0.15, -0.1) is 0 Å². The third-order valence-corrected chi connectivity index (χ3v) is 2.26. The second kappa shape index (κ2) is 6.81. The summed E-state index contributed by atoms with van der Waals surface area (Å²) in [7, 11) is 7.75. The van der Waals surface area contributed by atoms with Crippen LogP contribution in [-0.2, 0) is 4.74 Å².